The van der Waals surface area contributed by atoms with E-state index in [9.17, 15) is 9.90 Å². The largest absolute Gasteiger partial charge is 0.490 e. The quantitative estimate of drug-likeness (QED) is 0.841. The number of aliphatic hydroxyl groups is 1. The number of amides is 1. The number of hydrogen-bond acceptors (Lipinski definition) is 5. The van der Waals surface area contributed by atoms with Crippen LogP contribution in [0.2, 0.25) is 0 Å². The number of para-hydroxylation sites is 1. The molecule has 1 aliphatic heterocycles. The second kappa shape index (κ2) is 7.85. The van der Waals surface area contributed by atoms with Gasteiger partial charge in [-0.1, -0.05) is 12.1 Å². The van der Waals surface area contributed by atoms with Gasteiger partial charge in [0.1, 0.15) is 0 Å². The molecule has 116 valence electrons. The fourth-order valence-electron chi connectivity index (χ4n) is 2.16. The van der Waals surface area contributed by atoms with E-state index >= 15 is 0 Å². The van der Waals surface area contributed by atoms with Crippen LogP contribution < -0.4 is 9.47 Å². The molecule has 1 aromatic carbocycles. The van der Waals surface area contributed by atoms with Crippen LogP contribution in [0.3, 0.4) is 0 Å². The summed E-state index contributed by atoms with van der Waals surface area (Å²) in [5.74, 6) is 0.885. The van der Waals surface area contributed by atoms with Crippen LogP contribution in [0.25, 0.3) is 0 Å². The van der Waals surface area contributed by atoms with Crippen molar-refractivity contribution in [2.24, 2.45) is 0 Å². The molecule has 0 radical (unpaired) electrons. The summed E-state index contributed by atoms with van der Waals surface area (Å²) in [4.78, 5) is 13.8. The van der Waals surface area contributed by atoms with Crippen molar-refractivity contribution < 1.29 is 24.1 Å². The third kappa shape index (κ3) is 4.09. The number of ether oxygens (including phenoxy) is 3. The number of morpholine rings is 1. The molecule has 1 aromatic rings. The number of hydrogen-bond donors (Lipinski definition) is 1. The molecule has 0 spiro atoms. The van der Waals surface area contributed by atoms with Crippen LogP contribution >= 0.6 is 0 Å². The lowest BCUT2D eigenvalue weighted by Crippen LogP contribution is -2.43. The zero-order chi connectivity index (χ0) is 15.1. The second-order valence-corrected chi connectivity index (χ2v) is 4.62. The normalized spacial score (nSPS) is 14.9. The van der Waals surface area contributed by atoms with E-state index in [0.717, 1.165) is 0 Å². The maximum Gasteiger partial charge on any atom is 0.260 e. The predicted molar refractivity (Wildman–Crippen MR) is 76.4 cm³/mol. The molecule has 6 heteroatoms. The van der Waals surface area contributed by atoms with Crippen molar-refractivity contribution in [3.8, 4) is 11.5 Å². The number of carbonyl (C=O) groups excluding carboxylic acids is 1. The zero-order valence-corrected chi connectivity index (χ0v) is 12.2. The van der Waals surface area contributed by atoms with Gasteiger partial charge in [0, 0.05) is 18.7 Å². The van der Waals surface area contributed by atoms with Crippen LogP contribution in [0, 0.1) is 0 Å². The third-order valence-electron chi connectivity index (χ3n) is 3.23. The first-order chi connectivity index (χ1) is 10.3. The Hall–Kier alpha value is -1.79. The highest BCUT2D eigenvalue weighted by Crippen LogP contribution is 2.31. The molecule has 1 heterocycles. The molecular weight excluding hydrogens is 274 g/mol. The summed E-state index contributed by atoms with van der Waals surface area (Å²) in [7, 11) is 0. The average molecular weight is 295 g/mol. The summed E-state index contributed by atoms with van der Waals surface area (Å²) in [6.45, 7) is 4.41. The molecule has 0 aliphatic carbocycles. The Bertz CT molecular complexity index is 471. The molecule has 1 amide bonds. The van der Waals surface area contributed by atoms with Crippen LogP contribution in [0.4, 0.5) is 0 Å². The zero-order valence-electron chi connectivity index (χ0n) is 12.2. The topological polar surface area (TPSA) is 68.2 Å². The molecule has 21 heavy (non-hydrogen) atoms. The molecule has 0 bridgehead atoms. The van der Waals surface area contributed by atoms with Gasteiger partial charge >= 0.3 is 0 Å². The summed E-state index contributed by atoms with van der Waals surface area (Å²) in [5, 5.41) is 9.38. The van der Waals surface area contributed by atoms with Gasteiger partial charge in [0.05, 0.1) is 26.4 Å². The van der Waals surface area contributed by atoms with Gasteiger partial charge in [-0.05, 0) is 13.0 Å². The number of carbonyl (C=O) groups is 1. The van der Waals surface area contributed by atoms with Gasteiger partial charge < -0.3 is 24.2 Å². The standard InChI is InChI=1S/C15H21NO5/c1-2-20-13-5-3-4-12(10-17)15(13)21-11-14(18)16-6-8-19-9-7-16/h3-5,17H,2,6-11H2,1H3. The summed E-state index contributed by atoms with van der Waals surface area (Å²) in [5.41, 5.74) is 0.607. The SMILES string of the molecule is CCOc1cccc(CO)c1OCC(=O)N1CCOCC1. The van der Waals surface area contributed by atoms with E-state index in [4.69, 9.17) is 14.2 Å². The first kappa shape index (κ1) is 15.6. The van der Waals surface area contributed by atoms with Crippen LogP contribution in [-0.4, -0.2) is 55.4 Å². The molecule has 1 N–H and O–H groups in total. The summed E-state index contributed by atoms with van der Waals surface area (Å²) in [6.07, 6.45) is 0. The van der Waals surface area contributed by atoms with E-state index in [-0.39, 0.29) is 19.1 Å². The van der Waals surface area contributed by atoms with E-state index in [1.165, 1.54) is 0 Å². The molecule has 0 unspecified atom stereocenters. The Kier molecular flexibility index (Phi) is 5.83. The number of benzene rings is 1. The molecule has 0 aromatic heterocycles. The summed E-state index contributed by atoms with van der Waals surface area (Å²) in [6, 6.07) is 5.29. The Morgan fingerprint density at radius 2 is 2.10 bits per heavy atom. The maximum atomic E-state index is 12.1. The molecule has 0 atom stereocenters. The lowest BCUT2D eigenvalue weighted by atomic mass is 10.2. The van der Waals surface area contributed by atoms with Crippen LogP contribution in [0.15, 0.2) is 18.2 Å². The fraction of sp³-hybridized carbons (Fsp3) is 0.533. The lowest BCUT2D eigenvalue weighted by molar-refractivity contribution is -0.137. The number of nitrogens with zero attached hydrogens (tertiary/aromatic N) is 1. The van der Waals surface area contributed by atoms with Gasteiger partial charge in [-0.15, -0.1) is 0 Å². The van der Waals surface area contributed by atoms with Crippen LogP contribution in [0.1, 0.15) is 12.5 Å². The smallest absolute Gasteiger partial charge is 0.260 e. The summed E-state index contributed by atoms with van der Waals surface area (Å²) < 4.78 is 16.3. The van der Waals surface area contributed by atoms with Crippen LogP contribution in [0.5, 0.6) is 11.5 Å². The van der Waals surface area contributed by atoms with Crippen LogP contribution in [-0.2, 0) is 16.1 Å². The van der Waals surface area contributed by atoms with E-state index in [1.807, 2.05) is 6.92 Å². The first-order valence-corrected chi connectivity index (χ1v) is 7.10. The highest BCUT2D eigenvalue weighted by Gasteiger charge is 2.19. The molecule has 0 saturated carbocycles. The molecule has 1 aliphatic rings. The average Bonchev–Trinajstić information content (AvgIpc) is 2.54. The lowest BCUT2D eigenvalue weighted by Gasteiger charge is -2.27. The Morgan fingerprint density at radius 1 is 1.33 bits per heavy atom. The van der Waals surface area contributed by atoms with E-state index in [1.54, 1.807) is 23.1 Å². The minimum absolute atomic E-state index is 0.0723. The molecule has 1 fully saturated rings. The van der Waals surface area contributed by atoms with Gasteiger partial charge in [-0.25, -0.2) is 0 Å². The van der Waals surface area contributed by atoms with E-state index in [0.29, 0.717) is 50.0 Å². The van der Waals surface area contributed by atoms with Gasteiger partial charge in [0.15, 0.2) is 18.1 Å². The second-order valence-electron chi connectivity index (χ2n) is 4.62. The van der Waals surface area contributed by atoms with E-state index in [2.05, 4.69) is 0 Å². The van der Waals surface area contributed by atoms with E-state index < -0.39 is 0 Å². The van der Waals surface area contributed by atoms with Crippen molar-refractivity contribution in [2.45, 2.75) is 13.5 Å². The van der Waals surface area contributed by atoms with Crippen molar-refractivity contribution in [3.63, 3.8) is 0 Å². The van der Waals surface area contributed by atoms with Crippen molar-refractivity contribution in [1.29, 1.82) is 0 Å². The highest BCUT2D eigenvalue weighted by atomic mass is 16.5. The minimum atomic E-state index is -0.165. The molecule has 6 nitrogen and oxygen atoms in total. The van der Waals surface area contributed by atoms with Crippen molar-refractivity contribution in [3.05, 3.63) is 23.8 Å². The predicted octanol–water partition coefficient (Wildman–Crippen LogP) is 0.815. The molecule has 1 saturated heterocycles. The third-order valence-corrected chi connectivity index (χ3v) is 3.23. The fourth-order valence-corrected chi connectivity index (χ4v) is 2.16. The Morgan fingerprint density at radius 3 is 2.76 bits per heavy atom. The van der Waals surface area contributed by atoms with Gasteiger partial charge in [0.25, 0.3) is 5.91 Å². The van der Waals surface area contributed by atoms with Crippen molar-refractivity contribution in [1.82, 2.24) is 4.90 Å². The van der Waals surface area contributed by atoms with Crippen molar-refractivity contribution >= 4 is 5.91 Å². The Balaban J connectivity index is 2.02. The monoisotopic (exact) mass is 295 g/mol. The van der Waals surface area contributed by atoms with Gasteiger partial charge in [-0.2, -0.15) is 0 Å². The number of rotatable bonds is 6. The minimum Gasteiger partial charge on any atom is -0.490 e. The Labute approximate surface area is 124 Å². The molecule has 2 rings (SSSR count). The molecular formula is C15H21NO5. The first-order valence-electron chi connectivity index (χ1n) is 7.10. The van der Waals surface area contributed by atoms with Crippen molar-refractivity contribution in [2.75, 3.05) is 39.5 Å². The number of aliphatic hydroxyl groups excluding tert-OH is 1. The maximum absolute atomic E-state index is 12.1. The summed E-state index contributed by atoms with van der Waals surface area (Å²) >= 11 is 0. The highest BCUT2D eigenvalue weighted by molar-refractivity contribution is 5.78. The van der Waals surface area contributed by atoms with Gasteiger partial charge in [0.2, 0.25) is 0 Å². The van der Waals surface area contributed by atoms with Gasteiger partial charge in [-0.3, -0.25) is 4.79 Å².